The van der Waals surface area contributed by atoms with Gasteiger partial charge in [-0.15, -0.1) is 0 Å². The zero-order chi connectivity index (χ0) is 28.2. The lowest BCUT2D eigenvalue weighted by Crippen LogP contribution is -2.49. The van der Waals surface area contributed by atoms with Gasteiger partial charge in [0.05, 0.1) is 28.3 Å². The molecule has 4 rings (SSSR count). The molecule has 1 aliphatic rings. The summed E-state index contributed by atoms with van der Waals surface area (Å²) < 4.78 is 63.5. The summed E-state index contributed by atoms with van der Waals surface area (Å²) in [6.07, 6.45) is 2.58. The van der Waals surface area contributed by atoms with E-state index in [4.69, 9.17) is 21.1 Å². The van der Waals surface area contributed by atoms with Crippen molar-refractivity contribution in [3.8, 4) is 11.4 Å². The maximum atomic E-state index is 13.4. The first-order chi connectivity index (χ1) is 18.5. The molecule has 2 aromatic carbocycles. The van der Waals surface area contributed by atoms with E-state index < -0.39 is 25.4 Å². The molecule has 0 aliphatic carbocycles. The van der Waals surface area contributed by atoms with Gasteiger partial charge in [-0.25, -0.2) is 16.8 Å². The van der Waals surface area contributed by atoms with Crippen LogP contribution in [0.5, 0.6) is 5.75 Å². The Bertz CT molecular complexity index is 1590. The monoisotopic (exact) mass is 596 g/mol. The fraction of sp³-hybridized carbons (Fsp3) is 0.360. The highest BCUT2D eigenvalue weighted by molar-refractivity contribution is 7.90. The average molecular weight is 597 g/mol. The third-order valence-corrected chi connectivity index (χ3v) is 9.39. The topological polar surface area (TPSA) is 128 Å². The van der Waals surface area contributed by atoms with Gasteiger partial charge >= 0.3 is 5.56 Å². The standard InChI is InChI=1S/C25H29ClN4O7S2/c1-3-36-15-16-37-24-23(18-27-30(25(24)31)20-6-4-5-19(26)17-20)28-11-13-29(14-12-28)39(34,35)22-9-7-21(8-10-22)38(2,32)33/h4-10,17-18H,3,11-16H2,1-2H3. The zero-order valence-corrected chi connectivity index (χ0v) is 23.9. The number of hydrogen-bond acceptors (Lipinski definition) is 9. The summed E-state index contributed by atoms with van der Waals surface area (Å²) in [6, 6.07) is 11.9. The van der Waals surface area contributed by atoms with Gasteiger partial charge in [0.15, 0.2) is 9.84 Å². The summed E-state index contributed by atoms with van der Waals surface area (Å²) in [5.41, 5.74) is 0.447. The second-order valence-corrected chi connectivity index (χ2v) is 13.1. The highest BCUT2D eigenvalue weighted by Gasteiger charge is 2.30. The van der Waals surface area contributed by atoms with Crippen LogP contribution < -0.4 is 15.2 Å². The van der Waals surface area contributed by atoms with Gasteiger partial charge in [0.2, 0.25) is 15.8 Å². The van der Waals surface area contributed by atoms with Crippen LogP contribution >= 0.6 is 11.6 Å². The van der Waals surface area contributed by atoms with Crippen molar-refractivity contribution in [2.24, 2.45) is 0 Å². The first-order valence-electron chi connectivity index (χ1n) is 12.2. The predicted octanol–water partition coefficient (Wildman–Crippen LogP) is 2.22. The Morgan fingerprint density at radius 2 is 1.62 bits per heavy atom. The molecule has 0 atom stereocenters. The number of rotatable bonds is 10. The van der Waals surface area contributed by atoms with E-state index in [0.717, 1.165) is 6.26 Å². The Kier molecular flexibility index (Phi) is 8.96. The molecule has 1 aliphatic heterocycles. The fourth-order valence-corrected chi connectivity index (χ4v) is 6.34. The maximum Gasteiger partial charge on any atom is 0.316 e. The van der Waals surface area contributed by atoms with E-state index in [9.17, 15) is 21.6 Å². The van der Waals surface area contributed by atoms with Crippen molar-refractivity contribution in [3.63, 3.8) is 0 Å². The smallest absolute Gasteiger partial charge is 0.316 e. The van der Waals surface area contributed by atoms with E-state index in [0.29, 0.717) is 29.6 Å². The van der Waals surface area contributed by atoms with E-state index in [-0.39, 0.29) is 48.3 Å². The van der Waals surface area contributed by atoms with Crippen molar-refractivity contribution in [1.82, 2.24) is 14.1 Å². The van der Waals surface area contributed by atoms with E-state index in [1.807, 2.05) is 11.8 Å². The summed E-state index contributed by atoms with van der Waals surface area (Å²) in [4.78, 5) is 15.3. The van der Waals surface area contributed by atoms with Crippen LogP contribution in [-0.4, -0.2) is 83.2 Å². The molecule has 39 heavy (non-hydrogen) atoms. The minimum atomic E-state index is -3.85. The molecule has 1 aromatic heterocycles. The number of sulfone groups is 1. The van der Waals surface area contributed by atoms with Crippen LogP contribution in [0.25, 0.3) is 5.69 Å². The van der Waals surface area contributed by atoms with E-state index in [1.54, 1.807) is 24.3 Å². The first-order valence-corrected chi connectivity index (χ1v) is 15.9. The quantitative estimate of drug-likeness (QED) is 0.324. The van der Waals surface area contributed by atoms with E-state index in [1.165, 1.54) is 39.4 Å². The second kappa shape index (κ2) is 12.0. The van der Waals surface area contributed by atoms with Gasteiger partial charge in [-0.2, -0.15) is 14.1 Å². The Hall–Kier alpha value is -2.97. The van der Waals surface area contributed by atoms with Gasteiger partial charge in [-0.3, -0.25) is 4.79 Å². The number of benzene rings is 2. The molecule has 0 radical (unpaired) electrons. The van der Waals surface area contributed by atoms with Crippen LogP contribution in [0.4, 0.5) is 5.69 Å². The first kappa shape index (κ1) is 29.0. The van der Waals surface area contributed by atoms with Gasteiger partial charge < -0.3 is 14.4 Å². The lowest BCUT2D eigenvalue weighted by molar-refractivity contribution is 0.109. The van der Waals surface area contributed by atoms with Crippen molar-refractivity contribution in [2.75, 3.05) is 57.2 Å². The number of aromatic nitrogens is 2. The molecular formula is C25H29ClN4O7S2. The molecule has 11 nitrogen and oxygen atoms in total. The molecule has 0 N–H and O–H groups in total. The number of hydrogen-bond donors (Lipinski definition) is 0. The van der Waals surface area contributed by atoms with Gasteiger partial charge in [0.1, 0.15) is 12.3 Å². The number of piperazine rings is 1. The van der Waals surface area contributed by atoms with Crippen molar-refractivity contribution in [3.05, 3.63) is 70.1 Å². The number of halogens is 1. The van der Waals surface area contributed by atoms with Crippen molar-refractivity contribution in [2.45, 2.75) is 16.7 Å². The summed E-state index contributed by atoms with van der Waals surface area (Å²) >= 11 is 6.10. The van der Waals surface area contributed by atoms with Gasteiger partial charge in [-0.1, -0.05) is 17.7 Å². The normalized spacial score (nSPS) is 14.9. The van der Waals surface area contributed by atoms with Crippen molar-refractivity contribution in [1.29, 1.82) is 0 Å². The molecule has 1 saturated heterocycles. The van der Waals surface area contributed by atoms with Crippen LogP contribution in [-0.2, 0) is 24.6 Å². The van der Waals surface area contributed by atoms with Crippen molar-refractivity contribution >= 4 is 37.1 Å². The molecular weight excluding hydrogens is 568 g/mol. The van der Waals surface area contributed by atoms with Gasteiger partial charge in [0, 0.05) is 44.1 Å². The molecule has 0 spiro atoms. The molecule has 1 fully saturated rings. The van der Waals surface area contributed by atoms with E-state index in [2.05, 4.69) is 5.10 Å². The van der Waals surface area contributed by atoms with Gasteiger partial charge in [0.25, 0.3) is 0 Å². The zero-order valence-electron chi connectivity index (χ0n) is 21.5. The second-order valence-electron chi connectivity index (χ2n) is 8.74. The lowest BCUT2D eigenvalue weighted by Gasteiger charge is -2.35. The molecule has 2 heterocycles. The minimum absolute atomic E-state index is 0.00841. The highest BCUT2D eigenvalue weighted by Crippen LogP contribution is 2.27. The number of nitrogens with zero attached hydrogens (tertiary/aromatic N) is 4. The maximum absolute atomic E-state index is 13.4. The molecule has 0 amide bonds. The SMILES string of the molecule is CCOCCOc1c(N2CCN(S(=O)(=O)c3ccc(S(C)(=O)=O)cc3)CC2)cnn(-c2cccc(Cl)c2)c1=O. The fourth-order valence-electron chi connectivity index (χ4n) is 4.11. The Morgan fingerprint density at radius 1 is 0.949 bits per heavy atom. The predicted molar refractivity (Wildman–Crippen MR) is 147 cm³/mol. The third kappa shape index (κ3) is 6.61. The molecule has 0 unspecified atom stereocenters. The average Bonchev–Trinajstić information content (AvgIpc) is 2.91. The van der Waals surface area contributed by atoms with Crippen LogP contribution in [0.3, 0.4) is 0 Å². The van der Waals surface area contributed by atoms with Crippen LogP contribution in [0.2, 0.25) is 5.02 Å². The number of anilines is 1. The van der Waals surface area contributed by atoms with Crippen molar-refractivity contribution < 1.29 is 26.3 Å². The molecule has 14 heteroatoms. The summed E-state index contributed by atoms with van der Waals surface area (Å²) in [7, 11) is -7.29. The van der Waals surface area contributed by atoms with Gasteiger partial charge in [-0.05, 0) is 49.4 Å². The van der Waals surface area contributed by atoms with E-state index >= 15 is 0 Å². The molecule has 3 aromatic rings. The Morgan fingerprint density at radius 3 is 2.23 bits per heavy atom. The summed E-state index contributed by atoms with van der Waals surface area (Å²) in [5.74, 6) is 0.0809. The van der Waals surface area contributed by atoms with Crippen LogP contribution in [0.15, 0.2) is 69.3 Å². The lowest BCUT2D eigenvalue weighted by atomic mass is 10.3. The Balaban J connectivity index is 1.56. The van der Waals surface area contributed by atoms with Crippen LogP contribution in [0, 0.1) is 0 Å². The number of ether oxygens (including phenoxy) is 2. The Labute approximate surface area is 232 Å². The number of sulfonamides is 1. The molecule has 210 valence electrons. The molecule has 0 bridgehead atoms. The minimum Gasteiger partial charge on any atom is -0.484 e. The third-order valence-electron chi connectivity index (χ3n) is 6.11. The summed E-state index contributed by atoms with van der Waals surface area (Å²) in [5, 5.41) is 4.78. The van der Waals surface area contributed by atoms with Crippen LogP contribution in [0.1, 0.15) is 6.92 Å². The molecule has 0 saturated carbocycles. The summed E-state index contributed by atoms with van der Waals surface area (Å²) in [6.45, 7) is 3.66. The highest BCUT2D eigenvalue weighted by atomic mass is 35.5. The largest absolute Gasteiger partial charge is 0.484 e.